The molecule has 2 rings (SSSR count). The fourth-order valence-electron chi connectivity index (χ4n) is 2.18. The molecular formula is C12H16F2N2O2S. The van der Waals surface area contributed by atoms with Gasteiger partial charge in [0, 0.05) is 18.8 Å². The lowest BCUT2D eigenvalue weighted by Crippen LogP contribution is -2.30. The summed E-state index contributed by atoms with van der Waals surface area (Å²) >= 11 is 0. The molecule has 1 aromatic carbocycles. The van der Waals surface area contributed by atoms with Crippen molar-refractivity contribution >= 4 is 15.7 Å². The van der Waals surface area contributed by atoms with E-state index in [9.17, 15) is 17.2 Å². The summed E-state index contributed by atoms with van der Waals surface area (Å²) in [5.41, 5.74) is 5.28. The third kappa shape index (κ3) is 2.44. The molecule has 1 heterocycles. The van der Waals surface area contributed by atoms with E-state index in [4.69, 9.17) is 5.73 Å². The van der Waals surface area contributed by atoms with E-state index < -0.39 is 26.6 Å². The highest BCUT2D eigenvalue weighted by Crippen LogP contribution is 2.30. The van der Waals surface area contributed by atoms with E-state index in [1.165, 1.54) is 4.31 Å². The molecule has 0 aromatic heterocycles. The first-order valence-electron chi connectivity index (χ1n) is 5.98. The molecule has 7 heteroatoms. The second kappa shape index (κ2) is 4.72. The molecule has 0 saturated carbocycles. The molecule has 106 valence electrons. The van der Waals surface area contributed by atoms with Gasteiger partial charge in [0.25, 0.3) is 0 Å². The number of halogens is 2. The highest BCUT2D eigenvalue weighted by atomic mass is 32.2. The maximum atomic E-state index is 13.7. The summed E-state index contributed by atoms with van der Waals surface area (Å²) < 4.78 is 52.8. The van der Waals surface area contributed by atoms with Crippen molar-refractivity contribution in [2.75, 3.05) is 18.8 Å². The molecule has 2 N–H and O–H groups in total. The van der Waals surface area contributed by atoms with E-state index in [1.54, 1.807) is 0 Å². The van der Waals surface area contributed by atoms with Crippen LogP contribution in [0.1, 0.15) is 13.8 Å². The summed E-state index contributed by atoms with van der Waals surface area (Å²) in [5.74, 6) is -2.26. The minimum absolute atomic E-state index is 0.113. The SMILES string of the molecule is CC1CN(S(=O)(=O)c2cc(N)cc(F)c2F)CC1C. The van der Waals surface area contributed by atoms with Crippen LogP contribution in [0.25, 0.3) is 0 Å². The van der Waals surface area contributed by atoms with Gasteiger partial charge in [-0.15, -0.1) is 0 Å². The summed E-state index contributed by atoms with van der Waals surface area (Å²) in [6, 6.07) is 1.73. The van der Waals surface area contributed by atoms with Crippen molar-refractivity contribution in [3.05, 3.63) is 23.8 Å². The third-order valence-corrected chi connectivity index (χ3v) is 5.42. The Hall–Kier alpha value is -1.21. The van der Waals surface area contributed by atoms with Crippen LogP contribution in [0.3, 0.4) is 0 Å². The average molecular weight is 290 g/mol. The number of nitrogens with zero attached hydrogens (tertiary/aromatic N) is 1. The van der Waals surface area contributed by atoms with E-state index in [2.05, 4.69) is 0 Å². The van der Waals surface area contributed by atoms with Crippen molar-refractivity contribution in [1.29, 1.82) is 0 Å². The Morgan fingerprint density at radius 2 is 1.74 bits per heavy atom. The Kier molecular flexibility index (Phi) is 3.53. The molecule has 0 radical (unpaired) electrons. The highest BCUT2D eigenvalue weighted by Gasteiger charge is 2.37. The standard InChI is InChI=1S/C12H16F2N2O2S/c1-7-5-16(6-8(7)2)19(17,18)11-4-9(15)3-10(13)12(11)14/h3-4,7-8H,5-6,15H2,1-2H3. The summed E-state index contributed by atoms with van der Waals surface area (Å²) in [6.45, 7) is 4.46. The molecular weight excluding hydrogens is 274 g/mol. The van der Waals surface area contributed by atoms with Crippen LogP contribution in [0.4, 0.5) is 14.5 Å². The van der Waals surface area contributed by atoms with Crippen LogP contribution < -0.4 is 5.73 Å². The average Bonchev–Trinajstić information content (AvgIpc) is 2.65. The number of benzene rings is 1. The lowest BCUT2D eigenvalue weighted by atomic mass is 10.0. The summed E-state index contributed by atoms with van der Waals surface area (Å²) in [4.78, 5) is -0.689. The van der Waals surface area contributed by atoms with Crippen molar-refractivity contribution in [3.8, 4) is 0 Å². The van der Waals surface area contributed by atoms with E-state index >= 15 is 0 Å². The predicted molar refractivity (Wildman–Crippen MR) is 67.9 cm³/mol. The Bertz CT molecular complexity index is 594. The van der Waals surface area contributed by atoms with Crippen LogP contribution in [0.2, 0.25) is 0 Å². The lowest BCUT2D eigenvalue weighted by Gasteiger charge is -2.17. The Balaban J connectivity index is 2.46. The molecule has 1 aliphatic heterocycles. The molecule has 2 unspecified atom stereocenters. The molecule has 0 amide bonds. The molecule has 1 fully saturated rings. The van der Waals surface area contributed by atoms with Crippen LogP contribution in [0, 0.1) is 23.5 Å². The number of nitrogens with two attached hydrogens (primary N) is 1. The summed E-state index contributed by atoms with van der Waals surface area (Å²) in [7, 11) is -4.04. The maximum Gasteiger partial charge on any atom is 0.246 e. The Labute approximate surface area is 111 Å². The van der Waals surface area contributed by atoms with Gasteiger partial charge in [0.15, 0.2) is 11.6 Å². The minimum Gasteiger partial charge on any atom is -0.399 e. The number of hydrogen-bond acceptors (Lipinski definition) is 3. The highest BCUT2D eigenvalue weighted by molar-refractivity contribution is 7.89. The van der Waals surface area contributed by atoms with Crippen molar-refractivity contribution < 1.29 is 17.2 Å². The molecule has 19 heavy (non-hydrogen) atoms. The van der Waals surface area contributed by atoms with Crippen LogP contribution in [-0.2, 0) is 10.0 Å². The van der Waals surface area contributed by atoms with Gasteiger partial charge in [-0.05, 0) is 24.0 Å². The fourth-order valence-corrected chi connectivity index (χ4v) is 3.93. The van der Waals surface area contributed by atoms with Gasteiger partial charge in [0.2, 0.25) is 10.0 Å². The molecule has 0 bridgehead atoms. The zero-order valence-electron chi connectivity index (χ0n) is 10.7. The molecule has 0 spiro atoms. The van der Waals surface area contributed by atoms with Gasteiger partial charge in [-0.2, -0.15) is 4.31 Å². The second-order valence-electron chi connectivity index (χ2n) is 5.09. The first-order valence-corrected chi connectivity index (χ1v) is 7.42. The number of hydrogen-bond donors (Lipinski definition) is 1. The van der Waals surface area contributed by atoms with Gasteiger partial charge in [-0.3, -0.25) is 0 Å². The van der Waals surface area contributed by atoms with E-state index in [0.29, 0.717) is 13.1 Å². The zero-order chi connectivity index (χ0) is 14.4. The molecule has 2 atom stereocenters. The van der Waals surface area contributed by atoms with Crippen molar-refractivity contribution in [2.24, 2.45) is 11.8 Å². The fraction of sp³-hybridized carbons (Fsp3) is 0.500. The Morgan fingerprint density at radius 3 is 2.26 bits per heavy atom. The quantitative estimate of drug-likeness (QED) is 0.845. The first-order chi connectivity index (χ1) is 8.73. The summed E-state index contributed by atoms with van der Waals surface area (Å²) in [6.07, 6.45) is 0. The minimum atomic E-state index is -4.04. The van der Waals surface area contributed by atoms with Crippen LogP contribution in [-0.4, -0.2) is 25.8 Å². The normalized spacial score (nSPS) is 24.8. The molecule has 1 aromatic rings. The second-order valence-corrected chi connectivity index (χ2v) is 7.00. The smallest absolute Gasteiger partial charge is 0.246 e. The predicted octanol–water partition coefficient (Wildman–Crippen LogP) is 1.82. The van der Waals surface area contributed by atoms with Crippen LogP contribution in [0.5, 0.6) is 0 Å². The first kappa shape index (κ1) is 14.2. The largest absolute Gasteiger partial charge is 0.399 e. The van der Waals surface area contributed by atoms with Gasteiger partial charge in [-0.25, -0.2) is 17.2 Å². The van der Waals surface area contributed by atoms with Gasteiger partial charge < -0.3 is 5.73 Å². The molecule has 0 aliphatic carbocycles. The van der Waals surface area contributed by atoms with Crippen molar-refractivity contribution in [3.63, 3.8) is 0 Å². The molecule has 4 nitrogen and oxygen atoms in total. The molecule has 1 saturated heterocycles. The van der Waals surface area contributed by atoms with Gasteiger partial charge in [0.05, 0.1) is 0 Å². The van der Waals surface area contributed by atoms with Gasteiger partial charge >= 0.3 is 0 Å². The third-order valence-electron chi connectivity index (χ3n) is 3.59. The van der Waals surface area contributed by atoms with Crippen molar-refractivity contribution in [1.82, 2.24) is 4.31 Å². The Morgan fingerprint density at radius 1 is 1.21 bits per heavy atom. The van der Waals surface area contributed by atoms with E-state index in [-0.39, 0.29) is 17.5 Å². The number of anilines is 1. The molecule has 1 aliphatic rings. The zero-order valence-corrected chi connectivity index (χ0v) is 11.5. The number of nitrogen functional groups attached to an aromatic ring is 1. The monoisotopic (exact) mass is 290 g/mol. The van der Waals surface area contributed by atoms with Crippen molar-refractivity contribution in [2.45, 2.75) is 18.7 Å². The van der Waals surface area contributed by atoms with E-state index in [0.717, 1.165) is 12.1 Å². The van der Waals surface area contributed by atoms with E-state index in [1.807, 2.05) is 13.8 Å². The topological polar surface area (TPSA) is 63.4 Å². The van der Waals surface area contributed by atoms with Gasteiger partial charge in [-0.1, -0.05) is 13.8 Å². The number of sulfonamides is 1. The number of rotatable bonds is 2. The summed E-state index contributed by atoms with van der Waals surface area (Å²) in [5, 5.41) is 0. The van der Waals surface area contributed by atoms with Crippen LogP contribution >= 0.6 is 0 Å². The maximum absolute atomic E-state index is 13.7. The van der Waals surface area contributed by atoms with Gasteiger partial charge in [0.1, 0.15) is 4.90 Å². The van der Waals surface area contributed by atoms with Crippen LogP contribution in [0.15, 0.2) is 17.0 Å². The lowest BCUT2D eigenvalue weighted by molar-refractivity contribution is 0.445.